The highest BCUT2D eigenvalue weighted by atomic mass is 35.5. The Labute approximate surface area is 123 Å². The van der Waals surface area contributed by atoms with E-state index in [1.807, 2.05) is 0 Å². The number of hydrogen-bond acceptors (Lipinski definition) is 2. The molecule has 1 saturated carbocycles. The molecular weight excluding hydrogens is 283 g/mol. The van der Waals surface area contributed by atoms with Crippen molar-refractivity contribution in [1.82, 2.24) is 4.90 Å². The van der Waals surface area contributed by atoms with E-state index < -0.39 is 0 Å². The summed E-state index contributed by atoms with van der Waals surface area (Å²) in [5, 5.41) is 0.464. The molecule has 2 N–H and O–H groups in total. The van der Waals surface area contributed by atoms with Crippen LogP contribution in [0.1, 0.15) is 31.2 Å². The van der Waals surface area contributed by atoms with Gasteiger partial charge in [0.1, 0.15) is 5.82 Å². The first-order valence-electron chi connectivity index (χ1n) is 6.53. The molecule has 1 aromatic rings. The fourth-order valence-electron chi connectivity index (χ4n) is 2.67. The molecule has 0 aromatic heterocycles. The molecule has 1 aromatic carbocycles. The lowest BCUT2D eigenvalue weighted by Crippen LogP contribution is -2.39. The predicted octanol–water partition coefficient (Wildman–Crippen LogP) is 3.51. The van der Waals surface area contributed by atoms with Crippen molar-refractivity contribution in [3.8, 4) is 0 Å². The number of rotatable bonds is 5. The van der Waals surface area contributed by atoms with E-state index in [-0.39, 0.29) is 5.82 Å². The molecular formula is C14H18ClFN2S. The number of nitrogens with two attached hydrogens (primary N) is 1. The third-order valence-corrected chi connectivity index (χ3v) is 4.11. The highest BCUT2D eigenvalue weighted by Crippen LogP contribution is 2.27. The van der Waals surface area contributed by atoms with E-state index >= 15 is 0 Å². The quantitative estimate of drug-likeness (QED) is 0.844. The van der Waals surface area contributed by atoms with Crippen LogP contribution < -0.4 is 5.73 Å². The molecule has 1 fully saturated rings. The van der Waals surface area contributed by atoms with Gasteiger partial charge < -0.3 is 5.73 Å². The van der Waals surface area contributed by atoms with Crippen molar-refractivity contribution in [2.24, 2.45) is 5.73 Å². The highest BCUT2D eigenvalue weighted by Gasteiger charge is 2.24. The molecule has 1 aliphatic carbocycles. The van der Waals surface area contributed by atoms with E-state index in [1.54, 1.807) is 12.1 Å². The van der Waals surface area contributed by atoms with E-state index in [1.165, 1.54) is 18.9 Å². The van der Waals surface area contributed by atoms with Crippen molar-refractivity contribution in [2.75, 3.05) is 6.54 Å². The van der Waals surface area contributed by atoms with Gasteiger partial charge in [0.15, 0.2) is 0 Å². The van der Waals surface area contributed by atoms with Crippen LogP contribution in [0, 0.1) is 5.82 Å². The molecule has 0 amide bonds. The average molecular weight is 301 g/mol. The van der Waals surface area contributed by atoms with E-state index in [9.17, 15) is 4.39 Å². The second kappa shape index (κ2) is 6.64. The summed E-state index contributed by atoms with van der Waals surface area (Å²) in [4.78, 5) is 2.60. The number of benzene rings is 1. The van der Waals surface area contributed by atoms with Gasteiger partial charge in [-0.15, -0.1) is 0 Å². The topological polar surface area (TPSA) is 29.3 Å². The molecule has 0 radical (unpaired) electrons. The molecule has 1 aliphatic rings. The molecule has 0 spiro atoms. The summed E-state index contributed by atoms with van der Waals surface area (Å²) in [6, 6.07) is 5.20. The van der Waals surface area contributed by atoms with Crippen LogP contribution in [0.2, 0.25) is 5.02 Å². The van der Waals surface area contributed by atoms with E-state index in [2.05, 4.69) is 4.90 Å². The molecule has 2 rings (SSSR count). The predicted molar refractivity (Wildman–Crippen MR) is 80.9 cm³/mol. The minimum Gasteiger partial charge on any atom is -0.392 e. The smallest absolute Gasteiger partial charge is 0.129 e. The van der Waals surface area contributed by atoms with Gasteiger partial charge in [-0.25, -0.2) is 4.39 Å². The summed E-state index contributed by atoms with van der Waals surface area (Å²) in [7, 11) is 0. The second-order valence-corrected chi connectivity index (χ2v) is 5.94. The first-order valence-corrected chi connectivity index (χ1v) is 7.32. The Morgan fingerprint density at radius 2 is 2.11 bits per heavy atom. The first-order chi connectivity index (χ1) is 9.08. The van der Waals surface area contributed by atoms with Crippen LogP contribution in [0.25, 0.3) is 0 Å². The standard InChI is InChI=1S/C14H18ClFN2S/c15-12-6-3-7-13(16)11(12)8-18(9-14(17)19)10-4-1-2-5-10/h3,6-7,10H,1-2,4-5,8-9H2,(H2,17,19). The molecule has 0 bridgehead atoms. The lowest BCUT2D eigenvalue weighted by atomic mass is 10.1. The van der Waals surface area contributed by atoms with E-state index in [0.717, 1.165) is 12.8 Å². The summed E-state index contributed by atoms with van der Waals surface area (Å²) in [5.41, 5.74) is 6.19. The summed E-state index contributed by atoms with van der Waals surface area (Å²) in [5.74, 6) is -0.265. The maximum absolute atomic E-state index is 13.9. The maximum Gasteiger partial charge on any atom is 0.129 e. The Bertz CT molecular complexity index is 441. The normalized spacial score (nSPS) is 16.2. The first kappa shape index (κ1) is 14.7. The van der Waals surface area contributed by atoms with Crippen molar-refractivity contribution in [3.05, 3.63) is 34.6 Å². The maximum atomic E-state index is 13.9. The summed E-state index contributed by atoms with van der Waals surface area (Å²) < 4.78 is 13.9. The highest BCUT2D eigenvalue weighted by molar-refractivity contribution is 7.80. The van der Waals surface area contributed by atoms with E-state index in [0.29, 0.717) is 34.7 Å². The van der Waals surface area contributed by atoms with Gasteiger partial charge in [0.2, 0.25) is 0 Å². The Morgan fingerprint density at radius 3 is 2.68 bits per heavy atom. The zero-order chi connectivity index (χ0) is 13.8. The van der Waals surface area contributed by atoms with E-state index in [4.69, 9.17) is 29.6 Å². The Hall–Kier alpha value is -0.710. The molecule has 0 saturated heterocycles. The molecule has 0 atom stereocenters. The Kier molecular flexibility index (Phi) is 5.13. The van der Waals surface area contributed by atoms with Gasteiger partial charge in [0.05, 0.1) is 4.99 Å². The van der Waals surface area contributed by atoms with Crippen molar-refractivity contribution < 1.29 is 4.39 Å². The minimum absolute atomic E-state index is 0.265. The molecule has 5 heteroatoms. The van der Waals surface area contributed by atoms with Crippen LogP contribution in [0.15, 0.2) is 18.2 Å². The largest absolute Gasteiger partial charge is 0.392 e. The minimum atomic E-state index is -0.265. The summed E-state index contributed by atoms with van der Waals surface area (Å²) in [6.45, 7) is 0.984. The van der Waals surface area contributed by atoms with Gasteiger partial charge in [0.25, 0.3) is 0 Å². The van der Waals surface area contributed by atoms with Gasteiger partial charge in [-0.2, -0.15) is 0 Å². The Balaban J connectivity index is 2.17. The lowest BCUT2D eigenvalue weighted by molar-refractivity contribution is 0.216. The monoisotopic (exact) mass is 300 g/mol. The van der Waals surface area contributed by atoms with Crippen molar-refractivity contribution in [3.63, 3.8) is 0 Å². The van der Waals surface area contributed by atoms with Crippen LogP contribution >= 0.6 is 23.8 Å². The fourth-order valence-corrected chi connectivity index (χ4v) is 3.06. The lowest BCUT2D eigenvalue weighted by Gasteiger charge is -2.28. The van der Waals surface area contributed by atoms with Gasteiger partial charge in [0, 0.05) is 29.7 Å². The van der Waals surface area contributed by atoms with Crippen molar-refractivity contribution >= 4 is 28.8 Å². The molecule has 2 nitrogen and oxygen atoms in total. The van der Waals surface area contributed by atoms with Crippen LogP contribution in [-0.4, -0.2) is 22.5 Å². The zero-order valence-electron chi connectivity index (χ0n) is 10.7. The SMILES string of the molecule is NC(=S)CN(Cc1c(F)cccc1Cl)C1CCCC1. The van der Waals surface area contributed by atoms with Crippen LogP contribution in [0.5, 0.6) is 0 Å². The van der Waals surface area contributed by atoms with Crippen molar-refractivity contribution in [2.45, 2.75) is 38.3 Å². The molecule has 0 aliphatic heterocycles. The van der Waals surface area contributed by atoms with Crippen LogP contribution in [0.3, 0.4) is 0 Å². The number of hydrogen-bond donors (Lipinski definition) is 1. The number of thiocarbonyl (C=S) groups is 1. The molecule has 0 heterocycles. The van der Waals surface area contributed by atoms with Gasteiger partial charge in [-0.3, -0.25) is 4.90 Å². The Morgan fingerprint density at radius 1 is 1.42 bits per heavy atom. The zero-order valence-corrected chi connectivity index (χ0v) is 12.3. The summed E-state index contributed by atoms with van der Waals surface area (Å²) >= 11 is 11.1. The third kappa shape index (κ3) is 3.88. The number of nitrogens with zero attached hydrogens (tertiary/aromatic N) is 1. The molecule has 19 heavy (non-hydrogen) atoms. The molecule has 0 unspecified atom stereocenters. The number of halogens is 2. The summed E-state index contributed by atoms with van der Waals surface area (Å²) in [6.07, 6.45) is 4.66. The third-order valence-electron chi connectivity index (χ3n) is 3.62. The molecule has 104 valence electrons. The van der Waals surface area contributed by atoms with Crippen LogP contribution in [-0.2, 0) is 6.54 Å². The van der Waals surface area contributed by atoms with Gasteiger partial charge >= 0.3 is 0 Å². The van der Waals surface area contributed by atoms with Gasteiger partial charge in [-0.05, 0) is 25.0 Å². The average Bonchev–Trinajstić information content (AvgIpc) is 2.85. The second-order valence-electron chi connectivity index (χ2n) is 5.01. The van der Waals surface area contributed by atoms with Gasteiger partial charge in [-0.1, -0.05) is 42.7 Å². The fraction of sp³-hybridized carbons (Fsp3) is 0.500. The van der Waals surface area contributed by atoms with Crippen LogP contribution in [0.4, 0.5) is 4.39 Å². The van der Waals surface area contributed by atoms with Crippen molar-refractivity contribution in [1.29, 1.82) is 0 Å².